The number of likely N-dealkylation sites (N-methyl/N-ethyl adjacent to an activating group) is 1. The smallest absolute Gasteiger partial charge is 0.251 e. The van der Waals surface area contributed by atoms with Crippen LogP contribution in [-0.4, -0.2) is 36.0 Å². The molecule has 0 saturated heterocycles. The molecule has 0 spiro atoms. The van der Waals surface area contributed by atoms with Crippen LogP contribution in [0, 0.1) is 0 Å². The second kappa shape index (κ2) is 7.17. The second-order valence-corrected chi connectivity index (χ2v) is 5.83. The summed E-state index contributed by atoms with van der Waals surface area (Å²) >= 11 is 0. The molecule has 2 aromatic carbocycles. The predicted octanol–water partition coefficient (Wildman–Crippen LogP) is 2.39. The van der Waals surface area contributed by atoms with Crippen molar-refractivity contribution in [1.82, 2.24) is 15.4 Å². The van der Waals surface area contributed by atoms with Crippen LogP contribution in [0.1, 0.15) is 21.6 Å². The van der Waals surface area contributed by atoms with E-state index < -0.39 is 0 Å². The molecule has 0 bridgehead atoms. The van der Waals surface area contributed by atoms with Gasteiger partial charge in [0.25, 0.3) is 5.91 Å². The molecule has 1 heterocycles. The van der Waals surface area contributed by atoms with Crippen LogP contribution in [-0.2, 0) is 17.8 Å². The first-order chi connectivity index (χ1) is 12.1. The first-order valence-corrected chi connectivity index (χ1v) is 7.96. The summed E-state index contributed by atoms with van der Waals surface area (Å²) in [5.74, 6) is -0.177. The Morgan fingerprint density at radius 3 is 2.56 bits per heavy atom. The van der Waals surface area contributed by atoms with Gasteiger partial charge in [-0.05, 0) is 29.8 Å². The zero-order valence-corrected chi connectivity index (χ0v) is 14.2. The van der Waals surface area contributed by atoms with Crippen LogP contribution < -0.4 is 5.32 Å². The number of fused-ring (bicyclic) bond motifs is 1. The van der Waals surface area contributed by atoms with Gasteiger partial charge >= 0.3 is 0 Å². The molecule has 0 aliphatic rings. The molecule has 1 N–H and O–H groups in total. The van der Waals surface area contributed by atoms with E-state index in [-0.39, 0.29) is 18.2 Å². The summed E-state index contributed by atoms with van der Waals surface area (Å²) in [5, 5.41) is 7.44. The highest BCUT2D eigenvalue weighted by atomic mass is 16.5. The Morgan fingerprint density at radius 2 is 1.84 bits per heavy atom. The Balaban J connectivity index is 1.65. The van der Waals surface area contributed by atoms with Crippen LogP contribution >= 0.6 is 0 Å². The normalized spacial score (nSPS) is 10.6. The molecule has 0 fully saturated rings. The lowest BCUT2D eigenvalue weighted by molar-refractivity contribution is -0.129. The molecular formula is C19H19N3O3. The van der Waals surface area contributed by atoms with E-state index >= 15 is 0 Å². The van der Waals surface area contributed by atoms with E-state index in [1.54, 1.807) is 31.1 Å². The first kappa shape index (κ1) is 16.7. The quantitative estimate of drug-likeness (QED) is 0.776. The van der Waals surface area contributed by atoms with Crippen molar-refractivity contribution in [1.29, 1.82) is 0 Å². The van der Waals surface area contributed by atoms with Crippen LogP contribution in [0.4, 0.5) is 0 Å². The van der Waals surface area contributed by atoms with E-state index in [1.165, 1.54) is 0 Å². The zero-order valence-electron chi connectivity index (χ0n) is 14.2. The van der Waals surface area contributed by atoms with Gasteiger partial charge < -0.3 is 14.7 Å². The monoisotopic (exact) mass is 337 g/mol. The number of benzene rings is 2. The summed E-state index contributed by atoms with van der Waals surface area (Å²) < 4.78 is 5.24. The van der Waals surface area contributed by atoms with Crippen molar-refractivity contribution in [2.24, 2.45) is 0 Å². The van der Waals surface area contributed by atoms with Crippen LogP contribution in [0.15, 0.2) is 53.1 Å². The summed E-state index contributed by atoms with van der Waals surface area (Å²) in [6.07, 6.45) is 0.184. The highest BCUT2D eigenvalue weighted by molar-refractivity contribution is 5.94. The number of aromatic nitrogens is 1. The molecule has 0 atom stereocenters. The fraction of sp³-hybridized carbons (Fsp3) is 0.211. The van der Waals surface area contributed by atoms with Gasteiger partial charge in [-0.3, -0.25) is 9.59 Å². The molecule has 3 aromatic rings. The molecule has 0 saturated carbocycles. The van der Waals surface area contributed by atoms with Crippen LogP contribution in [0.5, 0.6) is 0 Å². The van der Waals surface area contributed by atoms with Gasteiger partial charge in [-0.15, -0.1) is 0 Å². The predicted molar refractivity (Wildman–Crippen MR) is 94.0 cm³/mol. The van der Waals surface area contributed by atoms with E-state index in [0.29, 0.717) is 23.4 Å². The fourth-order valence-corrected chi connectivity index (χ4v) is 2.61. The Morgan fingerprint density at radius 1 is 1.12 bits per heavy atom. The van der Waals surface area contributed by atoms with E-state index in [2.05, 4.69) is 10.5 Å². The molecule has 2 amide bonds. The average molecular weight is 337 g/mol. The number of hydrogen-bond donors (Lipinski definition) is 1. The summed E-state index contributed by atoms with van der Waals surface area (Å²) in [5.41, 5.74) is 2.86. The Hall–Kier alpha value is -3.15. The summed E-state index contributed by atoms with van der Waals surface area (Å²) in [4.78, 5) is 25.6. The summed E-state index contributed by atoms with van der Waals surface area (Å²) in [7, 11) is 3.34. The molecule has 6 nitrogen and oxygen atoms in total. The molecule has 0 aliphatic heterocycles. The molecule has 1 aromatic heterocycles. The average Bonchev–Trinajstić information content (AvgIpc) is 3.04. The number of nitrogens with one attached hydrogen (secondary N) is 1. The maximum atomic E-state index is 12.5. The number of carbonyl (C=O) groups excluding carboxylic acids is 2. The van der Waals surface area contributed by atoms with Crippen molar-refractivity contribution in [2.75, 3.05) is 14.1 Å². The highest BCUT2D eigenvalue weighted by Crippen LogP contribution is 2.19. The lowest BCUT2D eigenvalue weighted by atomic mass is 10.1. The Labute approximate surface area is 145 Å². The van der Waals surface area contributed by atoms with Gasteiger partial charge in [0.15, 0.2) is 5.58 Å². The minimum Gasteiger partial charge on any atom is -0.356 e. The lowest BCUT2D eigenvalue weighted by Crippen LogP contribution is -2.28. The van der Waals surface area contributed by atoms with Crippen molar-refractivity contribution in [3.8, 4) is 0 Å². The summed E-state index contributed by atoms with van der Waals surface area (Å²) in [6, 6.07) is 14.7. The van der Waals surface area contributed by atoms with Crippen molar-refractivity contribution < 1.29 is 14.1 Å². The van der Waals surface area contributed by atoms with Crippen molar-refractivity contribution >= 4 is 22.8 Å². The molecular weight excluding hydrogens is 318 g/mol. The third kappa shape index (κ3) is 3.68. The molecule has 3 rings (SSSR count). The number of nitrogens with zero attached hydrogens (tertiary/aromatic N) is 2. The maximum absolute atomic E-state index is 12.5. The Bertz CT molecular complexity index is 900. The minimum atomic E-state index is -0.131. The van der Waals surface area contributed by atoms with Gasteiger partial charge in [-0.25, -0.2) is 0 Å². The SMILES string of the molecule is CNC(=O)c1ccc(CN(C)C(=O)Cc2noc3ccccc23)cc1. The van der Waals surface area contributed by atoms with Crippen LogP contribution in [0.25, 0.3) is 11.0 Å². The second-order valence-electron chi connectivity index (χ2n) is 5.83. The summed E-state index contributed by atoms with van der Waals surface area (Å²) in [6.45, 7) is 0.461. The third-order valence-corrected chi connectivity index (χ3v) is 4.06. The minimum absolute atomic E-state index is 0.0468. The van der Waals surface area contributed by atoms with Gasteiger partial charge in [0.1, 0.15) is 5.69 Å². The molecule has 0 aliphatic carbocycles. The molecule has 25 heavy (non-hydrogen) atoms. The molecule has 0 unspecified atom stereocenters. The third-order valence-electron chi connectivity index (χ3n) is 4.06. The van der Waals surface area contributed by atoms with E-state index in [1.807, 2.05) is 36.4 Å². The largest absolute Gasteiger partial charge is 0.356 e. The standard InChI is InChI=1S/C19H19N3O3/c1-20-19(24)14-9-7-13(8-10-14)12-22(2)18(23)11-16-15-5-3-4-6-17(15)25-21-16/h3-10H,11-12H2,1-2H3,(H,20,24). The van der Waals surface area contributed by atoms with Gasteiger partial charge in [0.2, 0.25) is 5.91 Å². The van der Waals surface area contributed by atoms with E-state index in [4.69, 9.17) is 4.52 Å². The van der Waals surface area contributed by atoms with Gasteiger partial charge in [-0.1, -0.05) is 29.4 Å². The lowest BCUT2D eigenvalue weighted by Gasteiger charge is -2.17. The fourth-order valence-electron chi connectivity index (χ4n) is 2.61. The van der Waals surface area contributed by atoms with Crippen LogP contribution in [0.3, 0.4) is 0 Å². The van der Waals surface area contributed by atoms with E-state index in [9.17, 15) is 9.59 Å². The van der Waals surface area contributed by atoms with Gasteiger partial charge in [0.05, 0.1) is 6.42 Å². The first-order valence-electron chi connectivity index (χ1n) is 7.96. The van der Waals surface area contributed by atoms with Crippen molar-refractivity contribution in [3.05, 3.63) is 65.4 Å². The number of para-hydroxylation sites is 1. The molecule has 128 valence electrons. The topological polar surface area (TPSA) is 75.4 Å². The van der Waals surface area contributed by atoms with E-state index in [0.717, 1.165) is 10.9 Å². The maximum Gasteiger partial charge on any atom is 0.251 e. The number of hydrogen-bond acceptors (Lipinski definition) is 4. The highest BCUT2D eigenvalue weighted by Gasteiger charge is 2.15. The molecule has 6 heteroatoms. The van der Waals surface area contributed by atoms with Gasteiger partial charge in [0, 0.05) is 31.6 Å². The Kier molecular flexibility index (Phi) is 4.79. The van der Waals surface area contributed by atoms with Crippen molar-refractivity contribution in [2.45, 2.75) is 13.0 Å². The molecule has 0 radical (unpaired) electrons. The van der Waals surface area contributed by atoms with Crippen LogP contribution in [0.2, 0.25) is 0 Å². The zero-order chi connectivity index (χ0) is 17.8. The van der Waals surface area contributed by atoms with Gasteiger partial charge in [-0.2, -0.15) is 0 Å². The number of amides is 2. The van der Waals surface area contributed by atoms with Crippen molar-refractivity contribution in [3.63, 3.8) is 0 Å². The number of carbonyl (C=O) groups is 2. The number of rotatable bonds is 5.